The highest BCUT2D eigenvalue weighted by Gasteiger charge is 2.26. The van der Waals surface area contributed by atoms with Gasteiger partial charge in [0.15, 0.2) is 0 Å². The molecule has 1 aliphatic heterocycles. The van der Waals surface area contributed by atoms with E-state index in [-0.39, 0.29) is 15.4 Å². The smallest absolute Gasteiger partial charge is 0.321 e. The number of carboxylic acids is 1. The molecule has 1 saturated heterocycles. The molecule has 1 heterocycles. The largest absolute Gasteiger partial charge is 0.480 e. The third-order valence-electron chi connectivity index (χ3n) is 1.54. The molecule has 0 aromatic carbocycles. The van der Waals surface area contributed by atoms with Crippen LogP contribution in [0.15, 0.2) is 0 Å². The Labute approximate surface area is 57.6 Å². The van der Waals surface area contributed by atoms with Crippen molar-refractivity contribution in [2.24, 2.45) is 0 Å². The fourth-order valence-electron chi connectivity index (χ4n) is 1.02. The van der Waals surface area contributed by atoms with Crippen LogP contribution >= 0.6 is 9.34 Å². The van der Waals surface area contributed by atoms with Crippen LogP contribution in [0, 0.1) is 0 Å². The zero-order valence-corrected chi connectivity index (χ0v) is 6.00. The van der Waals surface area contributed by atoms with E-state index in [4.69, 9.17) is 6.39 Å². The van der Waals surface area contributed by atoms with E-state index < -0.39 is 5.97 Å². The molecule has 0 aromatic rings. The van der Waals surface area contributed by atoms with Gasteiger partial charge in [0.05, 0.1) is 1.28 Å². The number of carbonyl (C=O) groups is 1. The van der Waals surface area contributed by atoms with Crippen LogP contribution in [0.2, 0.25) is 0 Å². The average molecular weight is 148 g/mol. The molecule has 0 spiro atoms. The molecule has 3 nitrogen and oxygen atoms in total. The Bertz CT molecular complexity index is 144. The Hall–Kier alpha value is -0.140. The summed E-state index contributed by atoms with van der Waals surface area (Å²) < 4.78 is 8.71. The summed E-state index contributed by atoms with van der Waals surface area (Å²) in [5, 5.41) is 8.59. The van der Waals surface area contributed by atoms with Gasteiger partial charge in [-0.1, -0.05) is 9.34 Å². The minimum Gasteiger partial charge on any atom is -0.480 e. The van der Waals surface area contributed by atoms with Crippen molar-refractivity contribution in [3.05, 3.63) is 0 Å². The first-order valence-corrected chi connectivity index (χ1v) is 3.37. The Morgan fingerprint density at radius 1 is 2.00 bits per heavy atom. The van der Waals surface area contributed by atoms with Crippen molar-refractivity contribution in [2.45, 2.75) is 18.9 Å². The van der Waals surface area contributed by atoms with Crippen LogP contribution in [0.4, 0.5) is 0 Å². The van der Waals surface area contributed by atoms with Gasteiger partial charge in [-0.3, -0.25) is 9.46 Å². The first-order valence-electron chi connectivity index (χ1n) is 3.42. The lowest BCUT2D eigenvalue weighted by Gasteiger charge is -2.12. The molecule has 2 atom stereocenters. The highest BCUT2D eigenvalue weighted by atomic mass is 31.0. The van der Waals surface area contributed by atoms with Crippen molar-refractivity contribution in [1.82, 2.24) is 4.67 Å². The first kappa shape index (κ1) is 5.63. The van der Waals surface area contributed by atoms with Crippen molar-refractivity contribution < 1.29 is 9.90 Å². The van der Waals surface area contributed by atoms with Gasteiger partial charge < -0.3 is 5.11 Å². The fraction of sp³-hybridized carbons (Fsp3) is 0.800. The highest BCUT2D eigenvalue weighted by molar-refractivity contribution is 7.13. The van der Waals surface area contributed by atoms with Crippen LogP contribution in [0.5, 0.6) is 0 Å². The Balaban J connectivity index is 2.50. The monoisotopic (exact) mass is 148 g/mol. The molecule has 0 aliphatic carbocycles. The predicted molar refractivity (Wildman–Crippen MR) is 37.1 cm³/mol. The fourth-order valence-corrected chi connectivity index (χ4v) is 1.42. The average Bonchev–Trinajstić information content (AvgIpc) is 2.33. The van der Waals surface area contributed by atoms with Crippen LogP contribution < -0.4 is 0 Å². The van der Waals surface area contributed by atoms with E-state index in [0.29, 0.717) is 6.42 Å². The van der Waals surface area contributed by atoms with Crippen LogP contribution in [-0.4, -0.2) is 29.6 Å². The van der Waals surface area contributed by atoms with Crippen molar-refractivity contribution in [1.29, 1.82) is 1.28 Å². The second-order valence-corrected chi connectivity index (χ2v) is 2.76. The van der Waals surface area contributed by atoms with E-state index in [1.807, 2.05) is 0 Å². The van der Waals surface area contributed by atoms with Gasteiger partial charge in [0.1, 0.15) is 6.04 Å². The molecule has 9 heavy (non-hydrogen) atoms. The summed E-state index contributed by atoms with van der Waals surface area (Å²) in [7, 11) is -0.113. The van der Waals surface area contributed by atoms with Gasteiger partial charge in [-0.15, -0.1) is 0 Å². The summed E-state index contributed by atoms with van der Waals surface area (Å²) in [5.41, 5.74) is 0. The zero-order valence-electron chi connectivity index (χ0n) is 6.00. The standard InChI is InChI=1S/C5H10NO2P/c7-5(8)4-2-1-3-6(4)9/h4H,1-3,9H2,(H,7,8)/t4-/m0/s1/i9D/t4-,9?. The Morgan fingerprint density at radius 3 is 3.22 bits per heavy atom. The molecule has 1 rings (SSSR count). The maximum absolute atomic E-state index is 10.5. The molecular weight excluding hydrogens is 137 g/mol. The van der Waals surface area contributed by atoms with Gasteiger partial charge in [-0.2, -0.15) is 0 Å². The van der Waals surface area contributed by atoms with E-state index in [1.165, 1.54) is 0 Å². The molecule has 1 aliphatic rings. The van der Waals surface area contributed by atoms with Gasteiger partial charge in [-0.25, -0.2) is 0 Å². The van der Waals surface area contributed by atoms with E-state index in [9.17, 15) is 4.79 Å². The SMILES string of the molecule is [2H]PN1CCC[C@H]1C(=O)O. The molecule has 1 N–H and O–H groups in total. The normalized spacial score (nSPS) is 31.6. The van der Waals surface area contributed by atoms with Crippen molar-refractivity contribution >= 4 is 15.3 Å². The summed E-state index contributed by atoms with van der Waals surface area (Å²) in [6.45, 7) is 0.777. The van der Waals surface area contributed by atoms with Gasteiger partial charge in [0.25, 0.3) is 0 Å². The van der Waals surface area contributed by atoms with Crippen molar-refractivity contribution in [2.75, 3.05) is 6.54 Å². The van der Waals surface area contributed by atoms with E-state index in [1.54, 1.807) is 4.67 Å². The number of carboxylic acid groups (broad SMARTS) is 1. The summed E-state index contributed by atoms with van der Waals surface area (Å²) in [6, 6.07) is -0.379. The zero-order chi connectivity index (χ0) is 7.56. The molecule has 4 heteroatoms. The molecule has 0 bridgehead atoms. The number of rotatable bonds is 2. The quantitative estimate of drug-likeness (QED) is 0.573. The molecule has 1 unspecified atom stereocenters. The lowest BCUT2D eigenvalue weighted by Crippen LogP contribution is -2.28. The minimum atomic E-state index is -0.780. The second kappa shape index (κ2) is 2.63. The Kier molecular flexibility index (Phi) is 1.65. The van der Waals surface area contributed by atoms with Crippen molar-refractivity contribution in [3.8, 4) is 0 Å². The third kappa shape index (κ3) is 1.41. The van der Waals surface area contributed by atoms with E-state index in [0.717, 1.165) is 13.0 Å². The van der Waals surface area contributed by atoms with Crippen molar-refractivity contribution in [3.63, 3.8) is 0 Å². The summed E-state index contributed by atoms with van der Waals surface area (Å²) in [6.07, 6.45) is 1.63. The van der Waals surface area contributed by atoms with Crippen LogP contribution in [0.25, 0.3) is 0 Å². The lowest BCUT2D eigenvalue weighted by molar-refractivity contribution is -0.140. The van der Waals surface area contributed by atoms with Crippen LogP contribution in [-0.2, 0) is 4.79 Å². The summed E-state index contributed by atoms with van der Waals surface area (Å²) >= 11 is 0. The van der Waals surface area contributed by atoms with E-state index in [2.05, 4.69) is 0 Å². The third-order valence-corrected chi connectivity index (χ3v) is 2.07. The molecular formula is C5H10NO2P. The lowest BCUT2D eigenvalue weighted by atomic mass is 10.2. The molecule has 1 fully saturated rings. The molecule has 0 aromatic heterocycles. The van der Waals surface area contributed by atoms with Crippen LogP contribution in [0.1, 0.15) is 12.8 Å². The van der Waals surface area contributed by atoms with Crippen LogP contribution in [0.3, 0.4) is 0 Å². The number of aliphatic carboxylic acids is 1. The van der Waals surface area contributed by atoms with Gasteiger partial charge in [0.2, 0.25) is 0 Å². The molecule has 52 valence electrons. The topological polar surface area (TPSA) is 40.5 Å². The minimum absolute atomic E-state index is 0.113. The maximum Gasteiger partial charge on any atom is 0.321 e. The van der Waals surface area contributed by atoms with Gasteiger partial charge >= 0.3 is 5.97 Å². The predicted octanol–water partition coefficient (Wildman–Crippen LogP) is 0.325. The maximum atomic E-state index is 10.5. The number of nitrogens with zero attached hydrogens (tertiary/aromatic N) is 1. The van der Waals surface area contributed by atoms with E-state index >= 15 is 0 Å². The summed E-state index contributed by atoms with van der Waals surface area (Å²) in [5.74, 6) is -0.780. The highest BCUT2D eigenvalue weighted by Crippen LogP contribution is 2.20. The number of hydrogen-bond donors (Lipinski definition) is 1. The van der Waals surface area contributed by atoms with Gasteiger partial charge in [-0.05, 0) is 12.8 Å². The molecule has 0 saturated carbocycles. The summed E-state index contributed by atoms with van der Waals surface area (Å²) in [4.78, 5) is 10.5. The number of hydrogen-bond acceptors (Lipinski definition) is 2. The van der Waals surface area contributed by atoms with Gasteiger partial charge in [0, 0.05) is 6.54 Å². The molecule has 0 amide bonds. The molecule has 0 radical (unpaired) electrons. The Morgan fingerprint density at radius 2 is 2.78 bits per heavy atom. The first-order chi connectivity index (χ1) is 4.75. The second-order valence-electron chi connectivity index (χ2n) is 2.19.